The molecule has 0 radical (unpaired) electrons. The zero-order valence-electron chi connectivity index (χ0n) is 20.4. The number of hydrogen-bond acceptors (Lipinski definition) is 4. The summed E-state index contributed by atoms with van der Waals surface area (Å²) in [6.07, 6.45) is 21.7. The van der Waals surface area contributed by atoms with Gasteiger partial charge in [0.15, 0.2) is 0 Å². The molecule has 0 rings (SSSR count). The van der Waals surface area contributed by atoms with E-state index in [1.165, 1.54) is 64.2 Å². The van der Waals surface area contributed by atoms with Crippen LogP contribution in [0.1, 0.15) is 142 Å². The summed E-state index contributed by atoms with van der Waals surface area (Å²) in [5.41, 5.74) is 0. The van der Waals surface area contributed by atoms with Gasteiger partial charge in [-0.15, -0.1) is 0 Å². The standard InChI is InChI=1S/C24H50O4S.K/c1-3-5-21-24(29(26,27)28)22-18-16-14-12-10-8-6-7-9-11-13-15-17-20-23(25)19-4-2;/h23-25H,3-22H2,1-2H3,(H,26,27,28);/q;+1/p-1. The average Bonchev–Trinajstić information content (AvgIpc) is 2.66. The van der Waals surface area contributed by atoms with E-state index in [0.29, 0.717) is 12.8 Å². The number of aliphatic hydroxyl groups excluding tert-OH is 1. The maximum atomic E-state index is 11.3. The molecule has 0 saturated heterocycles. The van der Waals surface area contributed by atoms with E-state index in [9.17, 15) is 18.1 Å². The summed E-state index contributed by atoms with van der Waals surface area (Å²) < 4.78 is 33.9. The van der Waals surface area contributed by atoms with Crippen molar-refractivity contribution < 1.29 is 69.5 Å². The van der Waals surface area contributed by atoms with Crippen molar-refractivity contribution in [1.29, 1.82) is 0 Å². The van der Waals surface area contributed by atoms with Gasteiger partial charge in [0.25, 0.3) is 0 Å². The van der Waals surface area contributed by atoms with Crippen molar-refractivity contribution in [2.75, 3.05) is 0 Å². The first-order valence-corrected chi connectivity index (χ1v) is 14.0. The molecule has 0 bridgehead atoms. The number of unbranched alkanes of at least 4 members (excludes halogenated alkanes) is 13. The smallest absolute Gasteiger partial charge is 0.748 e. The van der Waals surface area contributed by atoms with Crippen LogP contribution in [0.25, 0.3) is 0 Å². The second kappa shape index (κ2) is 23.7. The molecule has 2 unspecified atom stereocenters. The van der Waals surface area contributed by atoms with Crippen LogP contribution in [0.15, 0.2) is 0 Å². The molecule has 6 heteroatoms. The minimum Gasteiger partial charge on any atom is -0.748 e. The third-order valence-electron chi connectivity index (χ3n) is 5.97. The van der Waals surface area contributed by atoms with E-state index in [1.807, 2.05) is 6.92 Å². The van der Waals surface area contributed by atoms with Crippen molar-refractivity contribution in [3.63, 3.8) is 0 Å². The largest absolute Gasteiger partial charge is 1.00 e. The van der Waals surface area contributed by atoms with Gasteiger partial charge < -0.3 is 9.66 Å². The van der Waals surface area contributed by atoms with E-state index in [4.69, 9.17) is 0 Å². The van der Waals surface area contributed by atoms with Crippen molar-refractivity contribution in [3.05, 3.63) is 0 Å². The van der Waals surface area contributed by atoms with Crippen LogP contribution in [0.3, 0.4) is 0 Å². The summed E-state index contributed by atoms with van der Waals surface area (Å²) >= 11 is 0. The minimum atomic E-state index is -4.12. The first-order chi connectivity index (χ1) is 13.9. The summed E-state index contributed by atoms with van der Waals surface area (Å²) in [5.74, 6) is 0. The Morgan fingerprint density at radius 2 is 0.967 bits per heavy atom. The maximum absolute atomic E-state index is 11.3. The Bertz CT molecular complexity index is 442. The Morgan fingerprint density at radius 1 is 0.600 bits per heavy atom. The van der Waals surface area contributed by atoms with Crippen LogP contribution in [0.4, 0.5) is 0 Å². The van der Waals surface area contributed by atoms with Crippen LogP contribution < -0.4 is 51.4 Å². The van der Waals surface area contributed by atoms with Gasteiger partial charge in [-0.3, -0.25) is 0 Å². The molecule has 0 saturated carbocycles. The molecule has 30 heavy (non-hydrogen) atoms. The Labute approximate surface area is 230 Å². The summed E-state index contributed by atoms with van der Waals surface area (Å²) in [5, 5.41) is 9.03. The second-order valence-electron chi connectivity index (χ2n) is 8.87. The molecule has 0 aromatic carbocycles. The molecular formula is C24H49KO4S. The fraction of sp³-hybridized carbons (Fsp3) is 1.00. The molecule has 0 aliphatic rings. The van der Waals surface area contributed by atoms with Crippen molar-refractivity contribution in [3.8, 4) is 0 Å². The molecule has 0 aromatic heterocycles. The Hall–Kier alpha value is 1.51. The number of aliphatic hydroxyl groups is 1. The second-order valence-corrected chi connectivity index (χ2v) is 10.5. The van der Waals surface area contributed by atoms with Gasteiger partial charge in [0.1, 0.15) is 0 Å². The van der Waals surface area contributed by atoms with Crippen LogP contribution in [0.5, 0.6) is 0 Å². The van der Waals surface area contributed by atoms with E-state index >= 15 is 0 Å². The van der Waals surface area contributed by atoms with Gasteiger partial charge in [0.2, 0.25) is 0 Å². The Balaban J connectivity index is 0. The zero-order chi connectivity index (χ0) is 21.8. The first kappa shape index (κ1) is 33.7. The zero-order valence-corrected chi connectivity index (χ0v) is 24.3. The quantitative estimate of drug-likeness (QED) is 0.146. The van der Waals surface area contributed by atoms with Crippen LogP contribution in [-0.2, 0) is 10.1 Å². The van der Waals surface area contributed by atoms with Crippen molar-refractivity contribution in [1.82, 2.24) is 0 Å². The maximum Gasteiger partial charge on any atom is 1.00 e. The fourth-order valence-electron chi connectivity index (χ4n) is 4.04. The van der Waals surface area contributed by atoms with Gasteiger partial charge >= 0.3 is 51.4 Å². The van der Waals surface area contributed by atoms with Crippen LogP contribution in [0, 0.1) is 0 Å². The van der Waals surface area contributed by atoms with Gasteiger partial charge in [-0.1, -0.05) is 117 Å². The molecule has 2 atom stereocenters. The van der Waals surface area contributed by atoms with Crippen LogP contribution in [0.2, 0.25) is 0 Å². The first-order valence-electron chi connectivity index (χ1n) is 12.5. The predicted octanol–water partition coefficient (Wildman–Crippen LogP) is 4.11. The van der Waals surface area contributed by atoms with Crippen molar-refractivity contribution in [2.24, 2.45) is 0 Å². The third kappa shape index (κ3) is 22.7. The number of hydrogen-bond donors (Lipinski definition) is 1. The van der Waals surface area contributed by atoms with Crippen LogP contribution >= 0.6 is 0 Å². The fourth-order valence-corrected chi connectivity index (χ4v) is 4.95. The summed E-state index contributed by atoms with van der Waals surface area (Å²) in [6, 6.07) is 0. The van der Waals surface area contributed by atoms with Crippen LogP contribution in [-0.4, -0.2) is 29.4 Å². The van der Waals surface area contributed by atoms with Gasteiger partial charge in [-0.05, 0) is 25.7 Å². The minimum absolute atomic E-state index is 0. The van der Waals surface area contributed by atoms with E-state index in [0.717, 1.165) is 51.4 Å². The van der Waals surface area contributed by atoms with Gasteiger partial charge in [-0.25, -0.2) is 8.42 Å². The molecule has 0 heterocycles. The van der Waals surface area contributed by atoms with E-state index in [2.05, 4.69) is 6.92 Å². The molecule has 0 aliphatic carbocycles. The summed E-state index contributed by atoms with van der Waals surface area (Å²) in [4.78, 5) is 0. The Morgan fingerprint density at radius 3 is 1.33 bits per heavy atom. The molecule has 0 spiro atoms. The summed E-state index contributed by atoms with van der Waals surface area (Å²) in [7, 11) is -4.12. The molecular weight excluding hydrogens is 423 g/mol. The number of rotatable bonds is 22. The predicted molar refractivity (Wildman–Crippen MR) is 123 cm³/mol. The van der Waals surface area contributed by atoms with Gasteiger partial charge in [0, 0.05) is 5.25 Å². The molecule has 0 aliphatic heterocycles. The molecule has 0 fully saturated rings. The molecule has 1 N–H and O–H groups in total. The normalized spacial score (nSPS) is 13.7. The van der Waals surface area contributed by atoms with Crippen molar-refractivity contribution >= 4 is 10.1 Å². The topological polar surface area (TPSA) is 77.4 Å². The monoisotopic (exact) mass is 472 g/mol. The van der Waals surface area contributed by atoms with E-state index < -0.39 is 15.4 Å². The van der Waals surface area contributed by atoms with E-state index in [-0.39, 0.29) is 57.5 Å². The van der Waals surface area contributed by atoms with Gasteiger partial charge in [0.05, 0.1) is 16.2 Å². The van der Waals surface area contributed by atoms with Crippen molar-refractivity contribution in [2.45, 2.75) is 154 Å². The van der Waals surface area contributed by atoms with E-state index in [1.54, 1.807) is 0 Å². The molecule has 0 aromatic rings. The summed E-state index contributed by atoms with van der Waals surface area (Å²) in [6.45, 7) is 4.15. The van der Waals surface area contributed by atoms with Gasteiger partial charge in [-0.2, -0.15) is 0 Å². The molecule has 0 amide bonds. The Kier molecular flexibility index (Phi) is 26.6. The third-order valence-corrected chi connectivity index (χ3v) is 7.26. The molecule has 176 valence electrons. The molecule has 4 nitrogen and oxygen atoms in total. The SMILES string of the molecule is CCCCC(CCCCCCCCCCCCCCCC(O)CCC)S(=O)(=O)[O-].[K+]. The average molecular weight is 473 g/mol.